The zero-order chi connectivity index (χ0) is 13.7. The molecule has 0 bridgehead atoms. The Hall–Kier alpha value is -1.82. The Morgan fingerprint density at radius 1 is 1.42 bits per heavy atom. The molecule has 2 aromatic heterocycles. The predicted molar refractivity (Wildman–Crippen MR) is 76.7 cm³/mol. The maximum atomic E-state index is 5.13. The lowest BCUT2D eigenvalue weighted by Crippen LogP contribution is -2.17. The molecule has 104 valence electrons. The lowest BCUT2D eigenvalue weighted by molar-refractivity contribution is 0.164. The van der Waals surface area contributed by atoms with E-state index in [9.17, 15) is 0 Å². The standard InChI is InChI=1S/C13H21N5O/c1-4-14-11-8-18-6-5-15-13(18)12(17-11)16-7-10(2)9-19-3/h5-6,8,10,14H,4,7,9H2,1-3H3,(H,16,17). The number of hydrogen-bond acceptors (Lipinski definition) is 5. The summed E-state index contributed by atoms with van der Waals surface area (Å²) >= 11 is 0. The topological polar surface area (TPSA) is 63.5 Å². The number of anilines is 2. The highest BCUT2D eigenvalue weighted by Gasteiger charge is 2.08. The molecule has 0 fully saturated rings. The number of hydrogen-bond donors (Lipinski definition) is 2. The summed E-state index contributed by atoms with van der Waals surface area (Å²) in [6.07, 6.45) is 5.63. The molecule has 2 N–H and O–H groups in total. The number of aromatic nitrogens is 3. The lowest BCUT2D eigenvalue weighted by atomic mass is 10.2. The van der Waals surface area contributed by atoms with Crippen LogP contribution < -0.4 is 10.6 Å². The summed E-state index contributed by atoms with van der Waals surface area (Å²) < 4.78 is 7.10. The second-order valence-electron chi connectivity index (χ2n) is 4.60. The van der Waals surface area contributed by atoms with E-state index in [4.69, 9.17) is 4.74 Å². The maximum Gasteiger partial charge on any atom is 0.180 e. The SMILES string of the molecule is CCNc1cn2ccnc2c(NCC(C)COC)n1. The van der Waals surface area contributed by atoms with Gasteiger partial charge in [-0.25, -0.2) is 9.97 Å². The highest BCUT2D eigenvalue weighted by atomic mass is 16.5. The van der Waals surface area contributed by atoms with E-state index in [1.807, 2.05) is 23.7 Å². The monoisotopic (exact) mass is 263 g/mol. The summed E-state index contributed by atoms with van der Waals surface area (Å²) in [4.78, 5) is 8.87. The van der Waals surface area contributed by atoms with Crippen molar-refractivity contribution >= 4 is 17.3 Å². The number of nitrogens with zero attached hydrogens (tertiary/aromatic N) is 3. The zero-order valence-electron chi connectivity index (χ0n) is 11.7. The van der Waals surface area contributed by atoms with Gasteiger partial charge >= 0.3 is 0 Å². The molecule has 0 aliphatic heterocycles. The summed E-state index contributed by atoms with van der Waals surface area (Å²) in [7, 11) is 1.72. The Labute approximate surface area is 113 Å². The molecule has 1 unspecified atom stereocenters. The summed E-state index contributed by atoms with van der Waals surface area (Å²) in [6.45, 7) is 6.55. The van der Waals surface area contributed by atoms with Crippen LogP contribution in [0.15, 0.2) is 18.6 Å². The van der Waals surface area contributed by atoms with Gasteiger partial charge in [0.05, 0.1) is 12.8 Å². The molecule has 0 amide bonds. The largest absolute Gasteiger partial charge is 0.384 e. The van der Waals surface area contributed by atoms with Crippen molar-refractivity contribution in [2.75, 3.05) is 37.4 Å². The van der Waals surface area contributed by atoms with Gasteiger partial charge in [0.15, 0.2) is 11.5 Å². The maximum absolute atomic E-state index is 5.13. The van der Waals surface area contributed by atoms with E-state index in [0.717, 1.165) is 37.0 Å². The molecule has 6 heteroatoms. The number of methoxy groups -OCH3 is 1. The Morgan fingerprint density at radius 2 is 2.26 bits per heavy atom. The van der Waals surface area contributed by atoms with Crippen LogP contribution in [-0.4, -0.2) is 41.2 Å². The molecule has 0 saturated heterocycles. The molecule has 0 radical (unpaired) electrons. The van der Waals surface area contributed by atoms with Crippen molar-refractivity contribution in [2.24, 2.45) is 5.92 Å². The van der Waals surface area contributed by atoms with Crippen LogP contribution in [0, 0.1) is 5.92 Å². The van der Waals surface area contributed by atoms with E-state index in [2.05, 4.69) is 27.5 Å². The van der Waals surface area contributed by atoms with E-state index in [1.165, 1.54) is 0 Å². The second kappa shape index (κ2) is 6.38. The summed E-state index contributed by atoms with van der Waals surface area (Å²) in [6, 6.07) is 0. The van der Waals surface area contributed by atoms with Crippen LogP contribution in [0.1, 0.15) is 13.8 Å². The van der Waals surface area contributed by atoms with Gasteiger partial charge in [0, 0.05) is 32.6 Å². The van der Waals surface area contributed by atoms with E-state index in [0.29, 0.717) is 5.92 Å². The van der Waals surface area contributed by atoms with Gasteiger partial charge in [0.2, 0.25) is 0 Å². The van der Waals surface area contributed by atoms with Crippen LogP contribution in [0.25, 0.3) is 5.65 Å². The molecule has 0 aliphatic carbocycles. The molecule has 6 nitrogen and oxygen atoms in total. The van der Waals surface area contributed by atoms with E-state index in [-0.39, 0.29) is 0 Å². The first kappa shape index (κ1) is 13.6. The van der Waals surface area contributed by atoms with Crippen LogP contribution in [0.4, 0.5) is 11.6 Å². The van der Waals surface area contributed by atoms with Gasteiger partial charge < -0.3 is 19.8 Å². The minimum Gasteiger partial charge on any atom is -0.384 e. The van der Waals surface area contributed by atoms with Crippen LogP contribution in [0.5, 0.6) is 0 Å². The Bertz CT molecular complexity index is 525. The van der Waals surface area contributed by atoms with Crippen LogP contribution in [0.2, 0.25) is 0 Å². The quantitative estimate of drug-likeness (QED) is 0.798. The van der Waals surface area contributed by atoms with Gasteiger partial charge in [-0.3, -0.25) is 0 Å². The molecule has 2 heterocycles. The molecule has 0 aliphatic rings. The number of fused-ring (bicyclic) bond motifs is 1. The third-order valence-corrected chi connectivity index (χ3v) is 2.80. The van der Waals surface area contributed by atoms with Gasteiger partial charge in [-0.1, -0.05) is 6.92 Å². The molecular formula is C13H21N5O. The molecule has 0 spiro atoms. The Balaban J connectivity index is 2.17. The number of rotatable bonds is 7. The first-order valence-corrected chi connectivity index (χ1v) is 6.55. The van der Waals surface area contributed by atoms with E-state index in [1.54, 1.807) is 13.3 Å². The first-order chi connectivity index (χ1) is 9.24. The Kier molecular flexibility index (Phi) is 4.57. The van der Waals surface area contributed by atoms with Crippen molar-refractivity contribution in [1.29, 1.82) is 0 Å². The van der Waals surface area contributed by atoms with Gasteiger partial charge in [0.1, 0.15) is 5.82 Å². The molecule has 0 aromatic carbocycles. The van der Waals surface area contributed by atoms with Crippen molar-refractivity contribution < 1.29 is 4.74 Å². The van der Waals surface area contributed by atoms with Gasteiger partial charge in [-0.15, -0.1) is 0 Å². The third kappa shape index (κ3) is 3.35. The molecule has 0 saturated carbocycles. The number of nitrogens with one attached hydrogen (secondary N) is 2. The van der Waals surface area contributed by atoms with Crippen LogP contribution in [-0.2, 0) is 4.74 Å². The van der Waals surface area contributed by atoms with Crippen molar-refractivity contribution in [1.82, 2.24) is 14.4 Å². The summed E-state index contributed by atoms with van der Waals surface area (Å²) in [5.74, 6) is 2.06. The predicted octanol–water partition coefficient (Wildman–Crippen LogP) is 1.86. The van der Waals surface area contributed by atoms with Crippen molar-refractivity contribution in [2.45, 2.75) is 13.8 Å². The molecule has 19 heavy (non-hydrogen) atoms. The number of imidazole rings is 1. The third-order valence-electron chi connectivity index (χ3n) is 2.80. The fourth-order valence-corrected chi connectivity index (χ4v) is 1.93. The highest BCUT2D eigenvalue weighted by Crippen LogP contribution is 2.16. The smallest absolute Gasteiger partial charge is 0.180 e. The molecular weight excluding hydrogens is 242 g/mol. The van der Waals surface area contributed by atoms with Gasteiger partial charge in [0.25, 0.3) is 0 Å². The van der Waals surface area contributed by atoms with Crippen LogP contribution in [0.3, 0.4) is 0 Å². The lowest BCUT2D eigenvalue weighted by Gasteiger charge is -2.13. The highest BCUT2D eigenvalue weighted by molar-refractivity contribution is 5.65. The average molecular weight is 263 g/mol. The van der Waals surface area contributed by atoms with E-state index >= 15 is 0 Å². The summed E-state index contributed by atoms with van der Waals surface area (Å²) in [5, 5.41) is 6.56. The van der Waals surface area contributed by atoms with Crippen molar-refractivity contribution in [3.8, 4) is 0 Å². The van der Waals surface area contributed by atoms with Gasteiger partial charge in [-0.05, 0) is 12.8 Å². The Morgan fingerprint density at radius 3 is 3.00 bits per heavy atom. The molecule has 2 rings (SSSR count). The van der Waals surface area contributed by atoms with Crippen LogP contribution >= 0.6 is 0 Å². The second-order valence-corrected chi connectivity index (χ2v) is 4.60. The summed E-state index contributed by atoms with van der Waals surface area (Å²) in [5.41, 5.74) is 0.839. The minimum absolute atomic E-state index is 0.421. The molecule has 1 atom stereocenters. The fraction of sp³-hybridized carbons (Fsp3) is 0.538. The normalized spacial score (nSPS) is 12.6. The van der Waals surface area contributed by atoms with Gasteiger partial charge in [-0.2, -0.15) is 0 Å². The molecule has 2 aromatic rings. The van der Waals surface area contributed by atoms with Crippen molar-refractivity contribution in [3.05, 3.63) is 18.6 Å². The average Bonchev–Trinajstić information content (AvgIpc) is 2.85. The van der Waals surface area contributed by atoms with Crippen molar-refractivity contribution in [3.63, 3.8) is 0 Å². The first-order valence-electron chi connectivity index (χ1n) is 6.55. The van der Waals surface area contributed by atoms with E-state index < -0.39 is 0 Å². The zero-order valence-corrected chi connectivity index (χ0v) is 11.7. The minimum atomic E-state index is 0.421. The fourth-order valence-electron chi connectivity index (χ4n) is 1.93. The number of ether oxygens (including phenoxy) is 1.